The van der Waals surface area contributed by atoms with Gasteiger partial charge in [-0.2, -0.15) is 0 Å². The standard InChI is InChI=1S/C10H17NO5S/c1-10(2,3)16-9(13)11-4-5-17(14,15)8(6-11)7-12/h7-8H,4-6H2,1-3H3. The van der Waals surface area contributed by atoms with Crippen LogP contribution in [-0.2, 0) is 19.4 Å². The predicted molar refractivity (Wildman–Crippen MR) is 61.4 cm³/mol. The van der Waals surface area contributed by atoms with E-state index in [1.54, 1.807) is 20.8 Å². The van der Waals surface area contributed by atoms with E-state index in [1.165, 1.54) is 4.90 Å². The van der Waals surface area contributed by atoms with Crippen molar-refractivity contribution in [3.8, 4) is 0 Å². The molecule has 0 aromatic rings. The summed E-state index contributed by atoms with van der Waals surface area (Å²) in [5, 5.41) is -1.14. The zero-order valence-electron chi connectivity index (χ0n) is 10.2. The Morgan fingerprint density at radius 2 is 2.00 bits per heavy atom. The van der Waals surface area contributed by atoms with Gasteiger partial charge in [-0.1, -0.05) is 0 Å². The normalized spacial score (nSPS) is 24.2. The van der Waals surface area contributed by atoms with Gasteiger partial charge in [0.15, 0.2) is 9.84 Å². The number of sulfone groups is 1. The second-order valence-electron chi connectivity index (χ2n) is 4.97. The molecule has 7 heteroatoms. The summed E-state index contributed by atoms with van der Waals surface area (Å²) in [5.41, 5.74) is -0.635. The molecule has 1 fully saturated rings. The summed E-state index contributed by atoms with van der Waals surface area (Å²) in [6.07, 6.45) is -0.217. The highest BCUT2D eigenvalue weighted by Crippen LogP contribution is 2.15. The molecule has 1 unspecified atom stereocenters. The van der Waals surface area contributed by atoms with Crippen LogP contribution < -0.4 is 0 Å². The van der Waals surface area contributed by atoms with Gasteiger partial charge in [0.25, 0.3) is 0 Å². The Kier molecular flexibility index (Phi) is 3.81. The molecule has 6 nitrogen and oxygen atoms in total. The van der Waals surface area contributed by atoms with Crippen molar-refractivity contribution in [1.82, 2.24) is 4.90 Å². The first-order valence-electron chi connectivity index (χ1n) is 5.30. The van der Waals surface area contributed by atoms with Gasteiger partial charge >= 0.3 is 6.09 Å². The lowest BCUT2D eigenvalue weighted by Gasteiger charge is -2.32. The Bertz CT molecular complexity index is 409. The highest BCUT2D eigenvalue weighted by atomic mass is 32.2. The fourth-order valence-electron chi connectivity index (χ4n) is 1.43. The number of carbonyl (C=O) groups is 2. The number of nitrogens with zero attached hydrogens (tertiary/aromatic N) is 1. The third-order valence-electron chi connectivity index (χ3n) is 2.31. The van der Waals surface area contributed by atoms with E-state index in [1.807, 2.05) is 0 Å². The number of aldehydes is 1. The fraction of sp³-hybridized carbons (Fsp3) is 0.800. The smallest absolute Gasteiger partial charge is 0.410 e. The number of carbonyl (C=O) groups excluding carboxylic acids is 2. The van der Waals surface area contributed by atoms with Crippen LogP contribution in [0.4, 0.5) is 4.79 Å². The molecule has 1 amide bonds. The molecule has 1 aliphatic heterocycles. The van der Waals surface area contributed by atoms with Gasteiger partial charge in [-0.25, -0.2) is 13.2 Å². The average molecular weight is 263 g/mol. The third-order valence-corrected chi connectivity index (χ3v) is 4.25. The Hall–Kier alpha value is -1.11. The zero-order chi connectivity index (χ0) is 13.3. The minimum Gasteiger partial charge on any atom is -0.444 e. The summed E-state index contributed by atoms with van der Waals surface area (Å²) in [6, 6.07) is 0. The van der Waals surface area contributed by atoms with Crippen LogP contribution in [-0.4, -0.2) is 55.4 Å². The quantitative estimate of drug-likeness (QED) is 0.632. The summed E-state index contributed by atoms with van der Waals surface area (Å²) in [4.78, 5) is 23.6. The van der Waals surface area contributed by atoms with E-state index in [2.05, 4.69) is 0 Å². The minimum absolute atomic E-state index is 0.0710. The summed E-state index contributed by atoms with van der Waals surface area (Å²) >= 11 is 0. The summed E-state index contributed by atoms with van der Waals surface area (Å²) in [7, 11) is -3.40. The molecule has 0 saturated carbocycles. The molecule has 1 atom stereocenters. The van der Waals surface area contributed by atoms with E-state index < -0.39 is 26.8 Å². The van der Waals surface area contributed by atoms with Gasteiger partial charge in [-0.3, -0.25) is 0 Å². The van der Waals surface area contributed by atoms with Gasteiger partial charge in [0.2, 0.25) is 0 Å². The number of ether oxygens (including phenoxy) is 1. The van der Waals surface area contributed by atoms with Crippen LogP contribution in [0.25, 0.3) is 0 Å². The van der Waals surface area contributed by atoms with Crippen molar-refractivity contribution >= 4 is 22.2 Å². The molecule has 0 aromatic heterocycles. The van der Waals surface area contributed by atoms with E-state index in [9.17, 15) is 18.0 Å². The van der Waals surface area contributed by atoms with Crippen molar-refractivity contribution < 1.29 is 22.7 Å². The Morgan fingerprint density at radius 3 is 2.47 bits per heavy atom. The lowest BCUT2D eigenvalue weighted by atomic mass is 10.2. The van der Waals surface area contributed by atoms with Crippen LogP contribution in [0.15, 0.2) is 0 Å². The number of hydrogen-bond acceptors (Lipinski definition) is 5. The van der Waals surface area contributed by atoms with Crippen molar-refractivity contribution in [3.05, 3.63) is 0 Å². The molecule has 1 heterocycles. The van der Waals surface area contributed by atoms with Crippen molar-refractivity contribution in [1.29, 1.82) is 0 Å². The van der Waals surface area contributed by atoms with E-state index >= 15 is 0 Å². The first-order valence-corrected chi connectivity index (χ1v) is 7.02. The first-order chi connectivity index (χ1) is 7.65. The Morgan fingerprint density at radius 1 is 1.41 bits per heavy atom. The molecule has 0 spiro atoms. The molecule has 1 saturated heterocycles. The second kappa shape index (κ2) is 4.64. The van der Waals surface area contributed by atoms with E-state index in [0.717, 1.165) is 0 Å². The molecule has 0 aromatic carbocycles. The summed E-state index contributed by atoms with van der Waals surface area (Å²) < 4.78 is 28.0. The molecule has 0 bridgehead atoms. The van der Waals surface area contributed by atoms with Crippen molar-refractivity contribution in [2.24, 2.45) is 0 Å². The van der Waals surface area contributed by atoms with Crippen LogP contribution in [0.3, 0.4) is 0 Å². The highest BCUT2D eigenvalue weighted by molar-refractivity contribution is 7.92. The van der Waals surface area contributed by atoms with E-state index in [4.69, 9.17) is 4.74 Å². The molecule has 17 heavy (non-hydrogen) atoms. The maximum absolute atomic E-state index is 11.7. The fourth-order valence-corrected chi connectivity index (χ4v) is 2.78. The van der Waals surface area contributed by atoms with Crippen molar-refractivity contribution in [2.75, 3.05) is 18.8 Å². The average Bonchev–Trinajstić information content (AvgIpc) is 2.14. The lowest BCUT2D eigenvalue weighted by molar-refractivity contribution is -0.107. The third kappa shape index (κ3) is 3.69. The largest absolute Gasteiger partial charge is 0.444 e. The molecule has 0 N–H and O–H groups in total. The number of hydrogen-bond donors (Lipinski definition) is 0. The second-order valence-corrected chi connectivity index (χ2v) is 7.31. The van der Waals surface area contributed by atoms with Gasteiger partial charge in [0.05, 0.1) is 5.75 Å². The maximum atomic E-state index is 11.7. The first kappa shape index (κ1) is 14.0. The molecule has 0 radical (unpaired) electrons. The maximum Gasteiger partial charge on any atom is 0.410 e. The minimum atomic E-state index is -3.40. The number of amides is 1. The van der Waals surface area contributed by atoms with E-state index in [0.29, 0.717) is 6.29 Å². The van der Waals surface area contributed by atoms with Gasteiger partial charge in [-0.05, 0) is 20.8 Å². The molecule has 1 aliphatic rings. The van der Waals surface area contributed by atoms with Crippen LogP contribution >= 0.6 is 0 Å². The van der Waals surface area contributed by atoms with Crippen LogP contribution in [0.2, 0.25) is 0 Å². The van der Waals surface area contributed by atoms with Crippen LogP contribution in [0.5, 0.6) is 0 Å². The van der Waals surface area contributed by atoms with Crippen molar-refractivity contribution in [3.63, 3.8) is 0 Å². The summed E-state index contributed by atoms with van der Waals surface area (Å²) in [6.45, 7) is 5.12. The van der Waals surface area contributed by atoms with Gasteiger partial charge in [0.1, 0.15) is 17.1 Å². The molecular formula is C10H17NO5S. The molecule has 0 aliphatic carbocycles. The summed E-state index contributed by atoms with van der Waals surface area (Å²) in [5.74, 6) is -0.199. The van der Waals surface area contributed by atoms with Gasteiger partial charge < -0.3 is 14.4 Å². The SMILES string of the molecule is CC(C)(C)OC(=O)N1CCS(=O)(=O)C(C=O)C1. The monoisotopic (exact) mass is 263 g/mol. The number of rotatable bonds is 1. The lowest BCUT2D eigenvalue weighted by Crippen LogP contribution is -2.51. The van der Waals surface area contributed by atoms with Crippen LogP contribution in [0.1, 0.15) is 20.8 Å². The van der Waals surface area contributed by atoms with Crippen LogP contribution in [0, 0.1) is 0 Å². The predicted octanol–water partition coefficient (Wildman–Crippen LogP) is 0.219. The van der Waals surface area contributed by atoms with Gasteiger partial charge in [-0.15, -0.1) is 0 Å². The topological polar surface area (TPSA) is 80.8 Å². The Balaban J connectivity index is 2.71. The highest BCUT2D eigenvalue weighted by Gasteiger charge is 2.36. The molecular weight excluding hydrogens is 246 g/mol. The Labute approximate surface area is 101 Å². The molecule has 98 valence electrons. The zero-order valence-corrected chi connectivity index (χ0v) is 11.0. The van der Waals surface area contributed by atoms with E-state index in [-0.39, 0.29) is 18.8 Å². The van der Waals surface area contributed by atoms with Gasteiger partial charge in [0, 0.05) is 13.1 Å². The molecule has 1 rings (SSSR count). The van der Waals surface area contributed by atoms with Crippen molar-refractivity contribution in [2.45, 2.75) is 31.6 Å².